The van der Waals surface area contributed by atoms with Crippen LogP contribution in [0.15, 0.2) is 72.4 Å². The fourth-order valence-corrected chi connectivity index (χ4v) is 4.89. The van der Waals surface area contributed by atoms with Gasteiger partial charge in [0.2, 0.25) is 0 Å². The number of aromatic nitrogens is 2. The van der Waals surface area contributed by atoms with Gasteiger partial charge >= 0.3 is 0 Å². The molecule has 0 aliphatic carbocycles. The Morgan fingerprint density at radius 3 is 2.44 bits per heavy atom. The first-order chi connectivity index (χ1) is 19.5. The molecule has 3 heterocycles. The van der Waals surface area contributed by atoms with Gasteiger partial charge in [-0.3, -0.25) is 19.2 Å². The van der Waals surface area contributed by atoms with Crippen LogP contribution in [-0.4, -0.2) is 78.1 Å². The number of carbonyl (C=O) groups is 1. The second-order valence-electron chi connectivity index (χ2n) is 9.90. The second-order valence-corrected chi connectivity index (χ2v) is 12.2. The van der Waals surface area contributed by atoms with Crippen LogP contribution in [-0.2, 0) is 16.7 Å². The van der Waals surface area contributed by atoms with Crippen LogP contribution >= 0.6 is 11.3 Å². The Labute approximate surface area is 244 Å². The summed E-state index contributed by atoms with van der Waals surface area (Å²) in [5, 5.41) is 9.22. The Morgan fingerprint density at radius 1 is 1.07 bits per heavy atom. The Morgan fingerprint density at radius 2 is 1.78 bits per heavy atom. The summed E-state index contributed by atoms with van der Waals surface area (Å²) < 4.78 is 25.9. The number of amides is 1. The van der Waals surface area contributed by atoms with Gasteiger partial charge < -0.3 is 15.5 Å². The van der Waals surface area contributed by atoms with Gasteiger partial charge in [-0.1, -0.05) is 18.2 Å². The largest absolute Gasteiger partial charge is 0.331 e. The van der Waals surface area contributed by atoms with Crippen molar-refractivity contribution < 1.29 is 17.8 Å². The number of hydrogen-bond donors (Lipinski definition) is 3. The predicted octanol–water partition coefficient (Wildman–Crippen LogP) is 4.76. The number of piperazine rings is 1. The maximum atomic E-state index is 12.9. The number of carbonyl (C=O) groups excluding carboxylic acids is 1. The van der Waals surface area contributed by atoms with E-state index in [-0.39, 0.29) is 5.91 Å². The van der Waals surface area contributed by atoms with Gasteiger partial charge in [0.25, 0.3) is 16.0 Å². The molecule has 0 radical (unpaired) electrons. The fourth-order valence-electron chi connectivity index (χ4n) is 4.16. The van der Waals surface area contributed by atoms with E-state index in [0.717, 1.165) is 66.1 Å². The summed E-state index contributed by atoms with van der Waals surface area (Å²) in [6, 6.07) is 17.7. The second kappa shape index (κ2) is 13.8. The molecule has 1 aliphatic heterocycles. The number of rotatable bonds is 7. The molecular formula is C29H34N6O4S2. The molecule has 1 fully saturated rings. The third kappa shape index (κ3) is 9.73. The molecule has 12 heteroatoms. The maximum Gasteiger partial charge on any atom is 0.261 e. The predicted molar refractivity (Wildman–Crippen MR) is 164 cm³/mol. The van der Waals surface area contributed by atoms with E-state index in [2.05, 4.69) is 49.6 Å². The third-order valence-electron chi connectivity index (χ3n) is 6.42. The average Bonchev–Trinajstić information content (AvgIpc) is 3.40. The van der Waals surface area contributed by atoms with Gasteiger partial charge in [0, 0.05) is 73.0 Å². The number of aryl methyl sites for hydroxylation is 1. The number of thiazole rings is 1. The van der Waals surface area contributed by atoms with Crippen molar-refractivity contribution in [3.8, 4) is 11.3 Å². The highest BCUT2D eigenvalue weighted by Crippen LogP contribution is 2.29. The highest BCUT2D eigenvalue weighted by molar-refractivity contribution is 7.85. The lowest BCUT2D eigenvalue weighted by molar-refractivity contribution is 0.102. The zero-order valence-corrected chi connectivity index (χ0v) is 24.9. The first kappa shape index (κ1) is 30.3. The first-order valence-electron chi connectivity index (χ1n) is 13.0. The molecule has 41 heavy (non-hydrogen) atoms. The van der Waals surface area contributed by atoms with Gasteiger partial charge in [0.05, 0.1) is 11.9 Å². The van der Waals surface area contributed by atoms with Crippen LogP contribution in [0.3, 0.4) is 0 Å². The van der Waals surface area contributed by atoms with E-state index in [1.54, 1.807) is 12.4 Å². The average molecular weight is 595 g/mol. The Bertz CT molecular complexity index is 1540. The van der Waals surface area contributed by atoms with Crippen molar-refractivity contribution in [1.82, 2.24) is 19.8 Å². The van der Waals surface area contributed by atoms with Crippen LogP contribution in [0.4, 0.5) is 16.5 Å². The lowest BCUT2D eigenvalue weighted by Crippen LogP contribution is -2.43. The van der Waals surface area contributed by atoms with Gasteiger partial charge in [-0.2, -0.15) is 8.42 Å². The Balaban J connectivity index is 0.000000714. The van der Waals surface area contributed by atoms with Crippen molar-refractivity contribution in [2.24, 2.45) is 0 Å². The van der Waals surface area contributed by atoms with Gasteiger partial charge in [-0.15, -0.1) is 11.3 Å². The monoisotopic (exact) mass is 594 g/mol. The summed E-state index contributed by atoms with van der Waals surface area (Å²) in [5.41, 5.74) is 6.45. The van der Waals surface area contributed by atoms with Crippen LogP contribution in [0.25, 0.3) is 11.3 Å². The molecule has 3 N–H and O–H groups in total. The van der Waals surface area contributed by atoms with Gasteiger partial charge in [-0.05, 0) is 61.5 Å². The van der Waals surface area contributed by atoms with Crippen LogP contribution in [0.2, 0.25) is 0 Å². The molecule has 5 rings (SSSR count). The van der Waals surface area contributed by atoms with Crippen molar-refractivity contribution in [1.29, 1.82) is 0 Å². The summed E-state index contributed by atoms with van der Waals surface area (Å²) in [7, 11) is -1.50. The van der Waals surface area contributed by atoms with Crippen molar-refractivity contribution in [3.63, 3.8) is 0 Å². The van der Waals surface area contributed by atoms with Crippen molar-refractivity contribution in [3.05, 3.63) is 89.1 Å². The van der Waals surface area contributed by atoms with E-state index < -0.39 is 10.1 Å². The number of nitrogens with one attached hydrogen (secondary N) is 2. The number of benzene rings is 2. The Hall–Kier alpha value is -3.68. The molecule has 1 amide bonds. The molecule has 2 aromatic carbocycles. The number of likely N-dealkylation sites (N-methyl/N-ethyl adjacent to an activating group) is 1. The van der Waals surface area contributed by atoms with Gasteiger partial charge in [0.15, 0.2) is 5.13 Å². The van der Waals surface area contributed by atoms with Crippen LogP contribution in [0.5, 0.6) is 0 Å². The van der Waals surface area contributed by atoms with Crippen LogP contribution in [0, 0.1) is 6.92 Å². The first-order valence-corrected chi connectivity index (χ1v) is 15.7. The number of anilines is 3. The summed E-state index contributed by atoms with van der Waals surface area (Å²) in [5.74, 6) is -0.121. The third-order valence-corrected chi connectivity index (χ3v) is 7.17. The fraction of sp³-hybridized carbons (Fsp3) is 0.276. The van der Waals surface area contributed by atoms with E-state index in [4.69, 9.17) is 4.55 Å². The summed E-state index contributed by atoms with van der Waals surface area (Å²) in [4.78, 5) is 26.6. The lowest BCUT2D eigenvalue weighted by atomic mass is 10.1. The minimum Gasteiger partial charge on any atom is -0.331 e. The molecule has 216 valence electrons. The van der Waals surface area contributed by atoms with E-state index >= 15 is 0 Å². The minimum atomic E-state index is -3.67. The molecule has 0 spiro atoms. The zero-order valence-electron chi connectivity index (χ0n) is 23.2. The SMILES string of the molecule is CS(=O)(=O)O.Cc1ccc(NC(=O)c2ccc(CN3CCN(C)CC3)cc2)cc1Nc1nc(-c2cccnc2)cs1. The molecule has 4 aromatic rings. The summed E-state index contributed by atoms with van der Waals surface area (Å²) in [6.45, 7) is 7.30. The molecule has 10 nitrogen and oxygen atoms in total. The number of nitrogens with zero attached hydrogens (tertiary/aromatic N) is 4. The van der Waals surface area contributed by atoms with E-state index in [1.807, 2.05) is 54.8 Å². The normalized spacial score (nSPS) is 14.1. The molecular weight excluding hydrogens is 560 g/mol. The van der Waals surface area contributed by atoms with E-state index in [1.165, 1.54) is 16.9 Å². The zero-order chi connectivity index (χ0) is 29.4. The van der Waals surface area contributed by atoms with E-state index in [9.17, 15) is 13.2 Å². The molecule has 2 aromatic heterocycles. The minimum absolute atomic E-state index is 0.121. The molecule has 1 saturated heterocycles. The van der Waals surface area contributed by atoms with Crippen molar-refractivity contribution in [2.75, 3.05) is 50.1 Å². The molecule has 0 bridgehead atoms. The number of pyridine rings is 1. The molecule has 0 atom stereocenters. The highest BCUT2D eigenvalue weighted by atomic mass is 32.2. The van der Waals surface area contributed by atoms with Gasteiger partial charge in [0.1, 0.15) is 0 Å². The Kier molecular flexibility index (Phi) is 10.2. The number of hydrogen-bond acceptors (Lipinski definition) is 9. The van der Waals surface area contributed by atoms with Crippen molar-refractivity contribution in [2.45, 2.75) is 13.5 Å². The topological polar surface area (TPSA) is 128 Å². The van der Waals surface area contributed by atoms with Crippen molar-refractivity contribution >= 4 is 43.9 Å². The van der Waals surface area contributed by atoms with Crippen LogP contribution < -0.4 is 10.6 Å². The van der Waals surface area contributed by atoms with Gasteiger partial charge in [-0.25, -0.2) is 4.98 Å². The highest BCUT2D eigenvalue weighted by Gasteiger charge is 2.14. The lowest BCUT2D eigenvalue weighted by Gasteiger charge is -2.32. The van der Waals surface area contributed by atoms with E-state index in [0.29, 0.717) is 11.8 Å². The van der Waals surface area contributed by atoms with Crippen LogP contribution in [0.1, 0.15) is 21.5 Å². The summed E-state index contributed by atoms with van der Waals surface area (Å²) in [6.07, 6.45) is 4.27. The summed E-state index contributed by atoms with van der Waals surface area (Å²) >= 11 is 1.54. The molecule has 1 aliphatic rings. The maximum absolute atomic E-state index is 12.9. The quantitative estimate of drug-likeness (QED) is 0.260. The standard InChI is InChI=1S/C28H30N6OS.CH4O3S/c1-20-5-10-24(16-25(20)31-28-32-26(19-36-28)23-4-3-11-29-17-23)30-27(35)22-8-6-21(7-9-22)18-34-14-12-33(2)13-15-34;1-5(2,3)4/h3-11,16-17,19H,12-15,18H2,1-2H3,(H,30,35)(H,31,32);1H3,(H,2,3,4). The molecule has 0 saturated carbocycles. The molecule has 0 unspecified atom stereocenters. The smallest absolute Gasteiger partial charge is 0.261 e.